The van der Waals surface area contributed by atoms with Crippen LogP contribution in [0.2, 0.25) is 0 Å². The summed E-state index contributed by atoms with van der Waals surface area (Å²) in [4.78, 5) is 14.3. The smallest absolute Gasteiger partial charge is 0.253 e. The first-order valence-corrected chi connectivity index (χ1v) is 9.94. The molecule has 5 nitrogen and oxygen atoms in total. The molecule has 1 fully saturated rings. The Kier molecular flexibility index (Phi) is 5.20. The first kappa shape index (κ1) is 17.6. The van der Waals surface area contributed by atoms with Crippen LogP contribution in [0, 0.1) is 6.92 Å². The van der Waals surface area contributed by atoms with E-state index < -0.39 is 10.0 Å². The standard InChI is InChI=1S/C19H22N2O3S/c1-16-6-5-9-18(14-16)19(22)20-10-12-21(13-11-20)25(23,24)15-17-7-3-2-4-8-17/h2-9,14H,10-13,15H2,1H3. The third-order valence-corrected chi connectivity index (χ3v) is 6.23. The summed E-state index contributed by atoms with van der Waals surface area (Å²) < 4.78 is 26.6. The molecule has 0 bridgehead atoms. The molecule has 0 radical (unpaired) electrons. The predicted octanol–water partition coefficient (Wildman–Crippen LogP) is 2.28. The van der Waals surface area contributed by atoms with Crippen molar-refractivity contribution in [2.45, 2.75) is 12.7 Å². The summed E-state index contributed by atoms with van der Waals surface area (Å²) >= 11 is 0. The lowest BCUT2D eigenvalue weighted by Gasteiger charge is -2.34. The summed E-state index contributed by atoms with van der Waals surface area (Å²) in [6, 6.07) is 16.6. The van der Waals surface area contributed by atoms with Gasteiger partial charge in [-0.3, -0.25) is 4.79 Å². The molecular weight excluding hydrogens is 336 g/mol. The zero-order valence-corrected chi connectivity index (χ0v) is 15.1. The van der Waals surface area contributed by atoms with Crippen molar-refractivity contribution in [2.24, 2.45) is 0 Å². The molecule has 1 amide bonds. The molecule has 25 heavy (non-hydrogen) atoms. The van der Waals surface area contributed by atoms with Crippen LogP contribution in [0.3, 0.4) is 0 Å². The average Bonchev–Trinajstić information content (AvgIpc) is 2.62. The molecule has 1 aliphatic rings. The van der Waals surface area contributed by atoms with E-state index in [1.54, 1.807) is 11.0 Å². The van der Waals surface area contributed by atoms with E-state index in [4.69, 9.17) is 0 Å². The van der Waals surface area contributed by atoms with Crippen molar-refractivity contribution in [3.8, 4) is 0 Å². The Morgan fingerprint density at radius 3 is 2.28 bits per heavy atom. The number of hydrogen-bond donors (Lipinski definition) is 0. The molecule has 2 aromatic carbocycles. The average molecular weight is 358 g/mol. The Balaban J connectivity index is 1.62. The highest BCUT2D eigenvalue weighted by molar-refractivity contribution is 7.88. The largest absolute Gasteiger partial charge is 0.336 e. The Bertz CT molecular complexity index is 842. The fourth-order valence-electron chi connectivity index (χ4n) is 3.01. The highest BCUT2D eigenvalue weighted by atomic mass is 32.2. The maximum atomic E-state index is 12.6. The van der Waals surface area contributed by atoms with E-state index in [1.807, 2.05) is 55.5 Å². The van der Waals surface area contributed by atoms with Gasteiger partial charge in [-0.25, -0.2) is 8.42 Å². The van der Waals surface area contributed by atoms with Crippen molar-refractivity contribution in [2.75, 3.05) is 26.2 Å². The van der Waals surface area contributed by atoms with Gasteiger partial charge in [-0.1, -0.05) is 48.0 Å². The Hall–Kier alpha value is -2.18. The Labute approximate surface area is 148 Å². The van der Waals surface area contributed by atoms with Gasteiger partial charge in [-0.2, -0.15) is 4.31 Å². The summed E-state index contributed by atoms with van der Waals surface area (Å²) in [6.07, 6.45) is 0. The number of aryl methyl sites for hydroxylation is 1. The summed E-state index contributed by atoms with van der Waals surface area (Å²) in [7, 11) is -3.36. The molecule has 0 unspecified atom stereocenters. The molecule has 1 aliphatic heterocycles. The van der Waals surface area contributed by atoms with Crippen molar-refractivity contribution in [3.05, 3.63) is 71.3 Å². The molecule has 3 rings (SSSR count). The second-order valence-corrected chi connectivity index (χ2v) is 8.27. The first-order chi connectivity index (χ1) is 12.0. The van der Waals surface area contributed by atoms with Crippen LogP contribution in [0.5, 0.6) is 0 Å². The monoisotopic (exact) mass is 358 g/mol. The number of hydrogen-bond acceptors (Lipinski definition) is 3. The van der Waals surface area contributed by atoms with Crippen LogP contribution in [0.15, 0.2) is 54.6 Å². The first-order valence-electron chi connectivity index (χ1n) is 8.33. The van der Waals surface area contributed by atoms with Crippen molar-refractivity contribution in [3.63, 3.8) is 0 Å². The summed E-state index contributed by atoms with van der Waals surface area (Å²) in [5.74, 6) is -0.0385. The molecule has 0 saturated carbocycles. The molecule has 2 aromatic rings. The fourth-order valence-corrected chi connectivity index (χ4v) is 4.52. The third-order valence-electron chi connectivity index (χ3n) is 4.38. The summed E-state index contributed by atoms with van der Waals surface area (Å²) in [5.41, 5.74) is 2.47. The van der Waals surface area contributed by atoms with E-state index >= 15 is 0 Å². The minimum absolute atomic E-state index is 0.000331. The zero-order valence-electron chi connectivity index (χ0n) is 14.3. The number of carbonyl (C=O) groups is 1. The van der Waals surface area contributed by atoms with Gasteiger partial charge in [0.05, 0.1) is 5.75 Å². The van der Waals surface area contributed by atoms with E-state index in [0.717, 1.165) is 11.1 Å². The molecule has 0 N–H and O–H groups in total. The normalized spacial score (nSPS) is 16.0. The van der Waals surface area contributed by atoms with Crippen LogP contribution in [0.1, 0.15) is 21.5 Å². The second-order valence-electron chi connectivity index (χ2n) is 6.30. The van der Waals surface area contributed by atoms with Gasteiger partial charge in [0.15, 0.2) is 0 Å². The SMILES string of the molecule is Cc1cccc(C(=O)N2CCN(S(=O)(=O)Cc3ccccc3)CC2)c1. The lowest BCUT2D eigenvalue weighted by Crippen LogP contribution is -2.50. The third kappa shape index (κ3) is 4.27. The topological polar surface area (TPSA) is 57.7 Å². The quantitative estimate of drug-likeness (QED) is 0.843. The molecule has 0 spiro atoms. The van der Waals surface area contributed by atoms with Crippen LogP contribution in [0.25, 0.3) is 0 Å². The van der Waals surface area contributed by atoms with Gasteiger partial charge in [-0.15, -0.1) is 0 Å². The van der Waals surface area contributed by atoms with Gasteiger partial charge >= 0.3 is 0 Å². The zero-order chi connectivity index (χ0) is 17.9. The van der Waals surface area contributed by atoms with Crippen LogP contribution in [-0.2, 0) is 15.8 Å². The summed E-state index contributed by atoms with van der Waals surface area (Å²) in [5, 5.41) is 0. The molecule has 1 heterocycles. The van der Waals surface area contributed by atoms with Gasteiger partial charge in [0.1, 0.15) is 0 Å². The van der Waals surface area contributed by atoms with E-state index in [0.29, 0.717) is 31.7 Å². The van der Waals surface area contributed by atoms with Crippen molar-refractivity contribution in [1.29, 1.82) is 0 Å². The second kappa shape index (κ2) is 7.37. The highest BCUT2D eigenvalue weighted by Crippen LogP contribution is 2.15. The van der Waals surface area contributed by atoms with Gasteiger partial charge in [-0.05, 0) is 24.6 Å². The van der Waals surface area contributed by atoms with E-state index in [-0.39, 0.29) is 11.7 Å². The molecule has 132 valence electrons. The van der Waals surface area contributed by atoms with E-state index in [1.165, 1.54) is 4.31 Å². The number of amides is 1. The Morgan fingerprint density at radius 1 is 0.960 bits per heavy atom. The van der Waals surface area contributed by atoms with Crippen LogP contribution < -0.4 is 0 Å². The maximum Gasteiger partial charge on any atom is 0.253 e. The van der Waals surface area contributed by atoms with E-state index in [2.05, 4.69) is 0 Å². The van der Waals surface area contributed by atoms with Crippen LogP contribution >= 0.6 is 0 Å². The minimum Gasteiger partial charge on any atom is -0.336 e. The molecule has 0 aromatic heterocycles. The lowest BCUT2D eigenvalue weighted by molar-refractivity contribution is 0.0697. The van der Waals surface area contributed by atoms with Gasteiger partial charge in [0, 0.05) is 31.7 Å². The minimum atomic E-state index is -3.36. The number of sulfonamides is 1. The highest BCUT2D eigenvalue weighted by Gasteiger charge is 2.29. The Morgan fingerprint density at radius 2 is 1.64 bits per heavy atom. The van der Waals surface area contributed by atoms with Crippen molar-refractivity contribution < 1.29 is 13.2 Å². The fraction of sp³-hybridized carbons (Fsp3) is 0.316. The van der Waals surface area contributed by atoms with Crippen LogP contribution in [-0.4, -0.2) is 49.7 Å². The van der Waals surface area contributed by atoms with Gasteiger partial charge < -0.3 is 4.90 Å². The number of benzene rings is 2. The van der Waals surface area contributed by atoms with Crippen molar-refractivity contribution in [1.82, 2.24) is 9.21 Å². The van der Waals surface area contributed by atoms with Crippen molar-refractivity contribution >= 4 is 15.9 Å². The number of rotatable bonds is 4. The molecule has 1 saturated heterocycles. The maximum absolute atomic E-state index is 12.6. The van der Waals surface area contributed by atoms with Gasteiger partial charge in [0.2, 0.25) is 10.0 Å². The number of nitrogens with zero attached hydrogens (tertiary/aromatic N) is 2. The summed E-state index contributed by atoms with van der Waals surface area (Å²) in [6.45, 7) is 3.46. The molecule has 0 aliphatic carbocycles. The number of carbonyl (C=O) groups excluding carboxylic acids is 1. The molecular formula is C19H22N2O3S. The lowest BCUT2D eigenvalue weighted by atomic mass is 10.1. The van der Waals surface area contributed by atoms with Crippen LogP contribution in [0.4, 0.5) is 0 Å². The van der Waals surface area contributed by atoms with Gasteiger partial charge in [0.25, 0.3) is 5.91 Å². The molecule has 0 atom stereocenters. The predicted molar refractivity (Wildman–Crippen MR) is 97.7 cm³/mol. The molecule has 6 heteroatoms. The van der Waals surface area contributed by atoms with E-state index in [9.17, 15) is 13.2 Å². The number of piperazine rings is 1.